The molecule has 0 aliphatic heterocycles. The lowest BCUT2D eigenvalue weighted by molar-refractivity contribution is 0.338. The summed E-state index contributed by atoms with van der Waals surface area (Å²) in [5.74, 6) is 0.534. The van der Waals surface area contributed by atoms with Gasteiger partial charge in [-0.15, -0.1) is 0 Å². The lowest BCUT2D eigenvalue weighted by Gasteiger charge is -2.08. The highest BCUT2D eigenvalue weighted by atomic mass is 127. The molecule has 0 aliphatic rings. The van der Waals surface area contributed by atoms with Crippen molar-refractivity contribution in [1.82, 2.24) is 0 Å². The van der Waals surface area contributed by atoms with Crippen molar-refractivity contribution in [1.29, 1.82) is 5.26 Å². The zero-order valence-corrected chi connectivity index (χ0v) is 14.0. The van der Waals surface area contributed by atoms with Gasteiger partial charge in [0.15, 0.2) is 9.84 Å². The van der Waals surface area contributed by atoms with Crippen LogP contribution in [0.5, 0.6) is 5.75 Å². The van der Waals surface area contributed by atoms with Gasteiger partial charge in [-0.05, 0) is 52.9 Å². The Labute approximate surface area is 137 Å². The van der Waals surface area contributed by atoms with Gasteiger partial charge in [0.1, 0.15) is 12.4 Å². The van der Waals surface area contributed by atoms with Crippen LogP contribution in [0.2, 0.25) is 0 Å². The third-order valence-corrected chi connectivity index (χ3v) is 5.34. The first-order valence-corrected chi connectivity index (χ1v) is 8.86. The molecule has 0 spiro atoms. The highest BCUT2D eigenvalue weighted by Gasteiger charge is 2.15. The molecular weight excluding hydrogens is 401 g/mol. The van der Waals surface area contributed by atoms with E-state index in [0.717, 1.165) is 3.57 Å². The topological polar surface area (TPSA) is 67.2 Å². The summed E-state index contributed by atoms with van der Waals surface area (Å²) in [6, 6.07) is 15.3. The van der Waals surface area contributed by atoms with Crippen LogP contribution in [0.3, 0.4) is 0 Å². The molecule has 0 unspecified atom stereocenters. The van der Waals surface area contributed by atoms with E-state index in [9.17, 15) is 8.42 Å². The van der Waals surface area contributed by atoms with Gasteiger partial charge in [0.25, 0.3) is 0 Å². The third kappa shape index (κ3) is 4.19. The molecule has 2 rings (SSSR count). The van der Waals surface area contributed by atoms with Gasteiger partial charge in [-0.1, -0.05) is 18.2 Å². The van der Waals surface area contributed by atoms with Crippen LogP contribution in [-0.4, -0.2) is 20.8 Å². The lowest BCUT2D eigenvalue weighted by Crippen LogP contribution is -2.14. The summed E-state index contributed by atoms with van der Waals surface area (Å²) in [7, 11) is -3.45. The molecule has 0 aromatic heterocycles. The number of rotatable bonds is 5. The van der Waals surface area contributed by atoms with Crippen LogP contribution in [-0.2, 0) is 9.84 Å². The summed E-state index contributed by atoms with van der Waals surface area (Å²) in [6.45, 7) is 0.0686. The zero-order chi connectivity index (χ0) is 15.3. The first kappa shape index (κ1) is 15.8. The fourth-order valence-electron chi connectivity index (χ4n) is 1.70. The molecule has 0 fully saturated rings. The van der Waals surface area contributed by atoms with Crippen molar-refractivity contribution in [2.45, 2.75) is 4.90 Å². The number of para-hydroxylation sites is 1. The number of sulfone groups is 1. The molecular formula is C15H12INO3S. The van der Waals surface area contributed by atoms with E-state index in [2.05, 4.69) is 22.6 Å². The Morgan fingerprint density at radius 1 is 1.14 bits per heavy atom. The summed E-state index contributed by atoms with van der Waals surface area (Å²) in [4.78, 5) is 0.146. The molecule has 21 heavy (non-hydrogen) atoms. The highest BCUT2D eigenvalue weighted by Crippen LogP contribution is 2.20. The molecule has 2 aromatic carbocycles. The van der Waals surface area contributed by atoms with Crippen molar-refractivity contribution in [3.8, 4) is 11.8 Å². The monoisotopic (exact) mass is 413 g/mol. The van der Waals surface area contributed by atoms with E-state index in [1.807, 2.05) is 24.3 Å². The van der Waals surface area contributed by atoms with Gasteiger partial charge in [-0.25, -0.2) is 8.42 Å². The Hall–Kier alpha value is -1.59. The molecule has 6 heteroatoms. The van der Waals surface area contributed by atoms with Gasteiger partial charge in [0.2, 0.25) is 0 Å². The van der Waals surface area contributed by atoms with E-state index in [1.165, 1.54) is 12.1 Å². The fraction of sp³-hybridized carbons (Fsp3) is 0.133. The largest absolute Gasteiger partial charge is 0.491 e. The number of benzene rings is 2. The molecule has 0 radical (unpaired) electrons. The Kier molecular flexibility index (Phi) is 5.20. The van der Waals surface area contributed by atoms with Crippen LogP contribution in [0.25, 0.3) is 0 Å². The van der Waals surface area contributed by atoms with Crippen molar-refractivity contribution in [3.63, 3.8) is 0 Å². The number of hydrogen-bond acceptors (Lipinski definition) is 4. The SMILES string of the molecule is N#Cc1cccc(S(=O)(=O)CCOc2ccccc2I)c1. The average molecular weight is 413 g/mol. The normalized spacial score (nSPS) is 10.9. The molecule has 4 nitrogen and oxygen atoms in total. The van der Waals surface area contributed by atoms with Gasteiger partial charge < -0.3 is 4.74 Å². The van der Waals surface area contributed by atoms with Crippen molar-refractivity contribution in [2.75, 3.05) is 12.4 Å². The second-order valence-electron chi connectivity index (χ2n) is 4.24. The lowest BCUT2D eigenvalue weighted by atomic mass is 10.2. The molecule has 0 saturated carbocycles. The van der Waals surface area contributed by atoms with Crippen molar-refractivity contribution in [3.05, 3.63) is 57.7 Å². The van der Waals surface area contributed by atoms with Crippen LogP contribution in [0.15, 0.2) is 53.4 Å². The predicted octanol–water partition coefficient (Wildman–Crippen LogP) is 3.02. The molecule has 0 aliphatic carbocycles. The van der Waals surface area contributed by atoms with Gasteiger partial charge in [-0.3, -0.25) is 0 Å². The Morgan fingerprint density at radius 2 is 1.90 bits per heavy atom. The standard InChI is InChI=1S/C15H12INO3S/c16-14-6-1-2-7-15(14)20-8-9-21(18,19)13-5-3-4-12(10-13)11-17/h1-7,10H,8-9H2. The molecule has 108 valence electrons. The van der Waals surface area contributed by atoms with E-state index in [-0.39, 0.29) is 17.3 Å². The smallest absolute Gasteiger partial charge is 0.181 e. The van der Waals surface area contributed by atoms with Gasteiger partial charge in [-0.2, -0.15) is 5.26 Å². The summed E-state index contributed by atoms with van der Waals surface area (Å²) < 4.78 is 30.8. The fourth-order valence-corrected chi connectivity index (χ4v) is 3.37. The number of halogens is 1. The second kappa shape index (κ2) is 6.91. The maximum Gasteiger partial charge on any atom is 0.181 e. The summed E-state index contributed by atoms with van der Waals surface area (Å²) in [6.07, 6.45) is 0. The number of nitrogens with zero attached hydrogens (tertiary/aromatic N) is 1. The summed E-state index contributed by atoms with van der Waals surface area (Å²) in [5.41, 5.74) is 0.328. The van der Waals surface area contributed by atoms with E-state index in [4.69, 9.17) is 10.00 Å². The summed E-state index contributed by atoms with van der Waals surface area (Å²) >= 11 is 2.13. The average Bonchev–Trinajstić information content (AvgIpc) is 2.49. The van der Waals surface area contributed by atoms with Crippen LogP contribution < -0.4 is 4.74 Å². The van der Waals surface area contributed by atoms with Crippen LogP contribution >= 0.6 is 22.6 Å². The Bertz CT molecular complexity index is 782. The predicted molar refractivity (Wildman–Crippen MR) is 87.9 cm³/mol. The van der Waals surface area contributed by atoms with Crippen molar-refractivity contribution < 1.29 is 13.2 Å². The van der Waals surface area contributed by atoms with Crippen LogP contribution in [0, 0.1) is 14.9 Å². The van der Waals surface area contributed by atoms with Gasteiger partial charge >= 0.3 is 0 Å². The first-order chi connectivity index (χ1) is 10.0. The first-order valence-electron chi connectivity index (χ1n) is 6.13. The minimum Gasteiger partial charge on any atom is -0.491 e. The minimum atomic E-state index is -3.45. The highest BCUT2D eigenvalue weighted by molar-refractivity contribution is 14.1. The van der Waals surface area contributed by atoms with Gasteiger partial charge in [0, 0.05) is 0 Å². The Morgan fingerprint density at radius 3 is 2.62 bits per heavy atom. The zero-order valence-electron chi connectivity index (χ0n) is 11.0. The quantitative estimate of drug-likeness (QED) is 0.707. The maximum atomic E-state index is 12.2. The molecule has 0 amide bonds. The number of ether oxygens (including phenoxy) is 1. The van der Waals surface area contributed by atoms with E-state index >= 15 is 0 Å². The number of hydrogen-bond donors (Lipinski definition) is 0. The molecule has 2 aromatic rings. The van der Waals surface area contributed by atoms with Crippen LogP contribution in [0.1, 0.15) is 5.56 Å². The summed E-state index contributed by atoms with van der Waals surface area (Å²) in [5, 5.41) is 8.81. The second-order valence-corrected chi connectivity index (χ2v) is 7.51. The van der Waals surface area contributed by atoms with Crippen molar-refractivity contribution in [2.24, 2.45) is 0 Å². The molecule has 0 saturated heterocycles. The van der Waals surface area contributed by atoms with Crippen molar-refractivity contribution >= 4 is 32.4 Å². The molecule has 0 bridgehead atoms. The van der Waals surface area contributed by atoms with Gasteiger partial charge in [0.05, 0.1) is 25.9 Å². The Balaban J connectivity index is 2.05. The van der Waals surface area contributed by atoms with Crippen LogP contribution in [0.4, 0.5) is 0 Å². The molecule has 0 heterocycles. The van der Waals surface area contributed by atoms with E-state index in [1.54, 1.807) is 18.2 Å². The molecule has 0 atom stereocenters. The number of nitriles is 1. The van der Waals surface area contributed by atoms with E-state index in [0.29, 0.717) is 11.3 Å². The van der Waals surface area contributed by atoms with E-state index < -0.39 is 9.84 Å². The minimum absolute atomic E-state index is 0.0686. The third-order valence-electron chi connectivity index (χ3n) is 2.77. The molecule has 0 N–H and O–H groups in total. The maximum absolute atomic E-state index is 12.2.